The van der Waals surface area contributed by atoms with Gasteiger partial charge in [-0.05, 0) is 31.2 Å². The molecule has 3 heteroatoms. The molecule has 3 nitrogen and oxygen atoms in total. The molecular weight excluding hydrogens is 238 g/mol. The van der Waals surface area contributed by atoms with E-state index in [-0.39, 0.29) is 11.5 Å². The highest BCUT2D eigenvalue weighted by atomic mass is 16.5. The van der Waals surface area contributed by atoms with Crippen molar-refractivity contribution in [1.29, 1.82) is 0 Å². The van der Waals surface area contributed by atoms with E-state index < -0.39 is 0 Å². The second-order valence-electron chi connectivity index (χ2n) is 5.93. The summed E-state index contributed by atoms with van der Waals surface area (Å²) in [6.07, 6.45) is 1.30. The average Bonchev–Trinajstić information content (AvgIpc) is 2.39. The number of ether oxygens (including phenoxy) is 2. The summed E-state index contributed by atoms with van der Waals surface area (Å²) in [5.41, 5.74) is 1.34. The molecule has 0 aliphatic heterocycles. The molecule has 19 heavy (non-hydrogen) atoms. The minimum absolute atomic E-state index is 0.159. The van der Waals surface area contributed by atoms with Crippen LogP contribution in [0.3, 0.4) is 0 Å². The van der Waals surface area contributed by atoms with Crippen molar-refractivity contribution in [3.05, 3.63) is 23.8 Å². The topological polar surface area (TPSA) is 30.5 Å². The molecule has 1 aromatic carbocycles. The van der Waals surface area contributed by atoms with E-state index >= 15 is 0 Å². The first-order chi connectivity index (χ1) is 8.98. The Hall–Kier alpha value is -1.22. The molecule has 1 aromatic rings. The van der Waals surface area contributed by atoms with Gasteiger partial charge in [0.05, 0.1) is 7.11 Å². The van der Waals surface area contributed by atoms with E-state index in [9.17, 15) is 0 Å². The fourth-order valence-corrected chi connectivity index (χ4v) is 2.70. The van der Waals surface area contributed by atoms with Crippen molar-refractivity contribution < 1.29 is 9.47 Å². The van der Waals surface area contributed by atoms with Gasteiger partial charge in [-0.3, -0.25) is 0 Å². The van der Waals surface area contributed by atoms with Gasteiger partial charge >= 0.3 is 0 Å². The number of methoxy groups -OCH3 is 1. The Labute approximate surface area is 116 Å². The third kappa shape index (κ3) is 2.71. The molecule has 0 saturated heterocycles. The lowest BCUT2D eigenvalue weighted by Crippen LogP contribution is -2.62. The summed E-state index contributed by atoms with van der Waals surface area (Å²) in [5.74, 6) is 1.67. The minimum Gasteiger partial charge on any atom is -0.493 e. The Kier molecular flexibility index (Phi) is 4.04. The number of hydrogen-bond acceptors (Lipinski definition) is 3. The van der Waals surface area contributed by atoms with Crippen LogP contribution in [0.4, 0.5) is 0 Å². The van der Waals surface area contributed by atoms with Gasteiger partial charge in [0, 0.05) is 17.9 Å². The van der Waals surface area contributed by atoms with Crippen molar-refractivity contribution in [2.75, 3.05) is 13.7 Å². The maximum atomic E-state index is 6.15. The molecular formula is C16H25NO2. The van der Waals surface area contributed by atoms with Crippen LogP contribution in [-0.4, -0.2) is 25.8 Å². The smallest absolute Gasteiger partial charge is 0.161 e. The van der Waals surface area contributed by atoms with Gasteiger partial charge < -0.3 is 14.8 Å². The van der Waals surface area contributed by atoms with Gasteiger partial charge in [-0.2, -0.15) is 0 Å². The lowest BCUT2D eigenvalue weighted by atomic mass is 9.64. The summed E-state index contributed by atoms with van der Waals surface area (Å²) < 4.78 is 11.6. The molecule has 1 saturated carbocycles. The van der Waals surface area contributed by atoms with Crippen molar-refractivity contribution in [1.82, 2.24) is 5.32 Å². The first-order valence-electron chi connectivity index (χ1n) is 7.03. The van der Waals surface area contributed by atoms with Gasteiger partial charge in [-0.15, -0.1) is 0 Å². The van der Waals surface area contributed by atoms with Crippen LogP contribution in [0, 0.1) is 12.3 Å². The zero-order chi connectivity index (χ0) is 14.0. The van der Waals surface area contributed by atoms with Gasteiger partial charge in [-0.25, -0.2) is 0 Å². The maximum Gasteiger partial charge on any atom is 0.161 e. The van der Waals surface area contributed by atoms with E-state index in [0.717, 1.165) is 24.5 Å². The summed E-state index contributed by atoms with van der Waals surface area (Å²) in [7, 11) is 1.69. The summed E-state index contributed by atoms with van der Waals surface area (Å²) in [6, 6.07) is 6.62. The highest BCUT2D eigenvalue weighted by Crippen LogP contribution is 2.44. The summed E-state index contributed by atoms with van der Waals surface area (Å²) in [6.45, 7) is 9.73. The van der Waals surface area contributed by atoms with Crippen LogP contribution in [0.1, 0.15) is 32.8 Å². The minimum atomic E-state index is 0.159. The largest absolute Gasteiger partial charge is 0.493 e. The molecule has 2 rings (SSSR count). The maximum absolute atomic E-state index is 6.15. The van der Waals surface area contributed by atoms with Crippen LogP contribution < -0.4 is 14.8 Å². The van der Waals surface area contributed by atoms with Crippen molar-refractivity contribution >= 4 is 0 Å². The molecule has 2 atom stereocenters. The van der Waals surface area contributed by atoms with E-state index in [1.165, 1.54) is 5.56 Å². The second-order valence-corrected chi connectivity index (χ2v) is 5.93. The molecule has 0 radical (unpaired) electrons. The predicted molar refractivity (Wildman–Crippen MR) is 78.0 cm³/mol. The van der Waals surface area contributed by atoms with Gasteiger partial charge in [0.15, 0.2) is 11.5 Å². The number of nitrogens with one attached hydrogen (secondary N) is 1. The standard InChI is InChI=1S/C16H25NO2/c1-6-17-14-10-15(16(14,3)4)19-12-8-7-11(2)9-13(12)18-5/h7-9,14-15,17H,6,10H2,1-5H3. The quantitative estimate of drug-likeness (QED) is 0.885. The van der Waals surface area contributed by atoms with Crippen molar-refractivity contribution in [3.63, 3.8) is 0 Å². The van der Waals surface area contributed by atoms with Crippen LogP contribution in [0.15, 0.2) is 18.2 Å². The highest BCUT2D eigenvalue weighted by molar-refractivity contribution is 5.43. The molecule has 1 aliphatic carbocycles. The van der Waals surface area contributed by atoms with Gasteiger partial charge in [0.25, 0.3) is 0 Å². The summed E-state index contributed by atoms with van der Waals surface area (Å²) in [5, 5.41) is 3.51. The Morgan fingerprint density at radius 1 is 1.32 bits per heavy atom. The van der Waals surface area contributed by atoms with Crippen molar-refractivity contribution in [3.8, 4) is 11.5 Å². The molecule has 1 N–H and O–H groups in total. The van der Waals surface area contributed by atoms with E-state index in [2.05, 4.69) is 39.1 Å². The molecule has 0 amide bonds. The zero-order valence-corrected chi connectivity index (χ0v) is 12.6. The normalized spacial score (nSPS) is 24.7. The Morgan fingerprint density at radius 2 is 2.05 bits per heavy atom. The van der Waals surface area contributed by atoms with Gasteiger partial charge in [0.1, 0.15) is 6.10 Å². The molecule has 0 bridgehead atoms. The average molecular weight is 263 g/mol. The van der Waals surface area contributed by atoms with E-state index in [1.807, 2.05) is 12.1 Å². The molecule has 1 aliphatic rings. The molecule has 0 heterocycles. The van der Waals surface area contributed by atoms with E-state index in [4.69, 9.17) is 9.47 Å². The monoisotopic (exact) mass is 263 g/mol. The highest BCUT2D eigenvalue weighted by Gasteiger charge is 2.49. The van der Waals surface area contributed by atoms with E-state index in [0.29, 0.717) is 6.04 Å². The summed E-state index contributed by atoms with van der Waals surface area (Å²) >= 11 is 0. The molecule has 0 spiro atoms. The van der Waals surface area contributed by atoms with Crippen molar-refractivity contribution in [2.24, 2.45) is 5.41 Å². The van der Waals surface area contributed by atoms with Crippen LogP contribution in [-0.2, 0) is 0 Å². The fraction of sp³-hybridized carbons (Fsp3) is 0.625. The fourth-order valence-electron chi connectivity index (χ4n) is 2.70. The number of rotatable bonds is 5. The van der Waals surface area contributed by atoms with Crippen LogP contribution in [0.5, 0.6) is 11.5 Å². The number of benzene rings is 1. The van der Waals surface area contributed by atoms with Gasteiger partial charge in [0.2, 0.25) is 0 Å². The first kappa shape index (κ1) is 14.2. The van der Waals surface area contributed by atoms with Crippen LogP contribution in [0.25, 0.3) is 0 Å². The third-order valence-electron chi connectivity index (χ3n) is 4.22. The van der Waals surface area contributed by atoms with E-state index in [1.54, 1.807) is 7.11 Å². The Bertz CT molecular complexity index is 442. The lowest BCUT2D eigenvalue weighted by Gasteiger charge is -2.51. The first-order valence-corrected chi connectivity index (χ1v) is 7.03. The number of hydrogen-bond donors (Lipinski definition) is 1. The Balaban J connectivity index is 2.07. The van der Waals surface area contributed by atoms with Crippen molar-refractivity contribution in [2.45, 2.75) is 46.3 Å². The predicted octanol–water partition coefficient (Wildman–Crippen LogP) is 3.16. The lowest BCUT2D eigenvalue weighted by molar-refractivity contribution is -0.0551. The zero-order valence-electron chi connectivity index (χ0n) is 12.6. The van der Waals surface area contributed by atoms with Crippen LogP contribution >= 0.6 is 0 Å². The molecule has 2 unspecified atom stereocenters. The summed E-state index contributed by atoms with van der Waals surface area (Å²) in [4.78, 5) is 0. The molecule has 0 aromatic heterocycles. The second kappa shape index (κ2) is 5.41. The van der Waals surface area contributed by atoms with Crippen LogP contribution in [0.2, 0.25) is 0 Å². The van der Waals surface area contributed by atoms with Gasteiger partial charge in [-0.1, -0.05) is 26.8 Å². The SMILES string of the molecule is CCNC1CC(Oc2ccc(C)cc2OC)C1(C)C. The number of aryl methyl sites for hydroxylation is 1. The Morgan fingerprint density at radius 3 is 2.63 bits per heavy atom. The molecule has 1 fully saturated rings. The molecule has 106 valence electrons. The third-order valence-corrected chi connectivity index (χ3v) is 4.22.